The van der Waals surface area contributed by atoms with Crippen LogP contribution in [0, 0.1) is 0 Å². The van der Waals surface area contributed by atoms with Crippen molar-refractivity contribution in [2.24, 2.45) is 5.73 Å². The van der Waals surface area contributed by atoms with Crippen molar-refractivity contribution in [3.8, 4) is 0 Å². The van der Waals surface area contributed by atoms with Crippen molar-refractivity contribution < 1.29 is 18.6 Å². The highest BCUT2D eigenvalue weighted by Gasteiger charge is 2.08. The van der Waals surface area contributed by atoms with Crippen LogP contribution in [0.15, 0.2) is 0 Å². The van der Waals surface area contributed by atoms with Gasteiger partial charge in [0.05, 0.1) is 11.9 Å². The van der Waals surface area contributed by atoms with Crippen LogP contribution < -0.4 is 5.73 Å². The molecular weight excluding hydrogens is 174 g/mol. The summed E-state index contributed by atoms with van der Waals surface area (Å²) < 4.78 is 13.0. The quantitative estimate of drug-likeness (QED) is 0.511. The van der Waals surface area contributed by atoms with E-state index in [-0.39, 0.29) is 13.2 Å². The number of carbonyl (C=O) groups excluding carboxylic acids is 1. The van der Waals surface area contributed by atoms with Crippen molar-refractivity contribution in [2.75, 3.05) is 13.2 Å². The minimum atomic E-state index is -0.844. The second kappa shape index (κ2) is 6.21. The Bertz CT molecular complexity index is 121. The van der Waals surface area contributed by atoms with Gasteiger partial charge in [0.25, 0.3) is 0 Å². The first-order valence-corrected chi connectivity index (χ1v) is 3.32. The van der Waals surface area contributed by atoms with Gasteiger partial charge in [0.2, 0.25) is 6.29 Å². The van der Waals surface area contributed by atoms with Gasteiger partial charge in [-0.2, -0.15) is 0 Å². The molecule has 0 aromatic carbocycles. The van der Waals surface area contributed by atoms with Crippen LogP contribution in [0.2, 0.25) is 0 Å². The molecule has 5 nitrogen and oxygen atoms in total. The monoisotopic (exact) mass is 183 g/mol. The first kappa shape index (κ1) is 10.5. The summed E-state index contributed by atoms with van der Waals surface area (Å²) in [4.78, 5) is 10.5. The summed E-state index contributed by atoms with van der Waals surface area (Å²) in [6, 6.07) is 0. The fourth-order valence-electron chi connectivity index (χ4n) is 0.330. The maximum Gasteiger partial charge on any atom is 0.510 e. The molecule has 0 aromatic heterocycles. The van der Waals surface area contributed by atoms with E-state index in [0.717, 1.165) is 0 Å². The molecule has 0 fully saturated rings. The number of rotatable bonds is 4. The van der Waals surface area contributed by atoms with Crippen LogP contribution in [0.4, 0.5) is 4.79 Å². The first-order valence-electron chi connectivity index (χ1n) is 3.01. The van der Waals surface area contributed by atoms with Gasteiger partial charge in [-0.25, -0.2) is 9.08 Å². The van der Waals surface area contributed by atoms with E-state index < -0.39 is 12.4 Å². The van der Waals surface area contributed by atoms with Crippen LogP contribution in [0.3, 0.4) is 0 Å². The van der Waals surface area contributed by atoms with E-state index >= 15 is 0 Å². The smallest absolute Gasteiger partial charge is 0.433 e. The number of carbonyl (C=O) groups is 1. The Balaban J connectivity index is 3.36. The maximum atomic E-state index is 10.5. The SMILES string of the molecule is CC(OCl)OC(=O)OCCN. The average molecular weight is 184 g/mol. The molecule has 0 bridgehead atoms. The Morgan fingerprint density at radius 3 is 2.82 bits per heavy atom. The number of nitrogens with two attached hydrogens (primary N) is 1. The van der Waals surface area contributed by atoms with E-state index in [9.17, 15) is 4.79 Å². The Kier molecular flexibility index (Phi) is 5.91. The van der Waals surface area contributed by atoms with Crippen molar-refractivity contribution in [3.63, 3.8) is 0 Å². The molecule has 1 unspecified atom stereocenters. The molecule has 0 radical (unpaired) electrons. The lowest BCUT2D eigenvalue weighted by molar-refractivity contribution is -0.0485. The predicted octanol–water partition coefficient (Wildman–Crippen LogP) is 0.615. The zero-order valence-corrected chi connectivity index (χ0v) is 6.84. The fraction of sp³-hybridized carbons (Fsp3) is 0.800. The van der Waals surface area contributed by atoms with E-state index in [1.54, 1.807) is 0 Å². The van der Waals surface area contributed by atoms with Crippen LogP contribution in [-0.4, -0.2) is 25.6 Å². The van der Waals surface area contributed by atoms with Crippen LogP contribution in [0.25, 0.3) is 0 Å². The summed E-state index contributed by atoms with van der Waals surface area (Å²) >= 11 is 4.87. The summed E-state index contributed by atoms with van der Waals surface area (Å²) in [6.45, 7) is 1.83. The molecule has 0 aliphatic rings. The molecule has 0 rings (SSSR count). The molecule has 0 spiro atoms. The van der Waals surface area contributed by atoms with Gasteiger partial charge in [-0.05, 0) is 6.92 Å². The van der Waals surface area contributed by atoms with Gasteiger partial charge < -0.3 is 15.2 Å². The van der Waals surface area contributed by atoms with Gasteiger partial charge in [-0.1, -0.05) is 0 Å². The van der Waals surface area contributed by atoms with Crippen molar-refractivity contribution in [3.05, 3.63) is 0 Å². The van der Waals surface area contributed by atoms with Crippen LogP contribution >= 0.6 is 11.9 Å². The summed E-state index contributed by atoms with van der Waals surface area (Å²) in [6.07, 6.45) is -1.66. The highest BCUT2D eigenvalue weighted by atomic mass is 35.5. The molecule has 2 N–H and O–H groups in total. The normalized spacial score (nSPS) is 12.3. The number of hydrogen-bond donors (Lipinski definition) is 1. The number of halogens is 1. The Labute approximate surface area is 69.5 Å². The highest BCUT2D eigenvalue weighted by Crippen LogP contribution is 1.97. The lowest BCUT2D eigenvalue weighted by Crippen LogP contribution is -2.19. The Hall–Kier alpha value is -0.520. The standard InChI is InChI=1S/C5H10ClNO4/c1-4(11-6)10-5(8)9-3-2-7/h4H,2-3,7H2,1H3. The van der Waals surface area contributed by atoms with Gasteiger partial charge in [0.1, 0.15) is 6.61 Å². The molecule has 0 saturated carbocycles. The van der Waals surface area contributed by atoms with E-state index in [0.29, 0.717) is 0 Å². The van der Waals surface area contributed by atoms with Crippen molar-refractivity contribution in [1.82, 2.24) is 0 Å². The zero-order chi connectivity index (χ0) is 8.69. The minimum absolute atomic E-state index is 0.119. The molecule has 0 saturated heterocycles. The second-order valence-corrected chi connectivity index (χ2v) is 1.84. The molecule has 66 valence electrons. The second-order valence-electron chi connectivity index (χ2n) is 1.66. The summed E-state index contributed by atoms with van der Waals surface area (Å²) in [5, 5.41) is 0. The predicted molar refractivity (Wildman–Crippen MR) is 37.9 cm³/mol. The molecule has 11 heavy (non-hydrogen) atoms. The third-order valence-corrected chi connectivity index (χ3v) is 0.976. The largest absolute Gasteiger partial charge is 0.510 e. The summed E-state index contributed by atoms with van der Waals surface area (Å²) in [5.41, 5.74) is 5.05. The third kappa shape index (κ3) is 5.90. The van der Waals surface area contributed by atoms with Crippen molar-refractivity contribution in [2.45, 2.75) is 13.2 Å². The lowest BCUT2D eigenvalue weighted by Gasteiger charge is -2.08. The molecule has 0 aliphatic heterocycles. The molecular formula is C5H10ClNO4. The highest BCUT2D eigenvalue weighted by molar-refractivity contribution is 6.07. The van der Waals surface area contributed by atoms with Gasteiger partial charge >= 0.3 is 6.16 Å². The van der Waals surface area contributed by atoms with Crippen LogP contribution in [0.5, 0.6) is 0 Å². The molecule has 0 aromatic rings. The zero-order valence-electron chi connectivity index (χ0n) is 6.08. The molecule has 0 amide bonds. The minimum Gasteiger partial charge on any atom is -0.433 e. The van der Waals surface area contributed by atoms with E-state index in [4.69, 9.17) is 17.6 Å². The van der Waals surface area contributed by atoms with Crippen LogP contribution in [0.1, 0.15) is 6.92 Å². The van der Waals surface area contributed by atoms with E-state index in [2.05, 4.69) is 13.8 Å². The van der Waals surface area contributed by atoms with Crippen molar-refractivity contribution >= 4 is 18.0 Å². The number of ether oxygens (including phenoxy) is 2. The van der Waals surface area contributed by atoms with Crippen LogP contribution in [-0.2, 0) is 13.8 Å². The summed E-state index contributed by atoms with van der Waals surface area (Å²) in [5.74, 6) is 0. The molecule has 0 heterocycles. The fourth-order valence-corrected chi connectivity index (χ4v) is 0.366. The molecule has 6 heteroatoms. The van der Waals surface area contributed by atoms with Crippen molar-refractivity contribution in [1.29, 1.82) is 0 Å². The lowest BCUT2D eigenvalue weighted by atomic mass is 10.7. The van der Waals surface area contributed by atoms with E-state index in [1.807, 2.05) is 0 Å². The molecule has 0 aliphatic carbocycles. The topological polar surface area (TPSA) is 70.8 Å². The third-order valence-electron chi connectivity index (χ3n) is 0.725. The number of hydrogen-bond acceptors (Lipinski definition) is 5. The molecule has 1 atom stereocenters. The van der Waals surface area contributed by atoms with E-state index in [1.165, 1.54) is 6.92 Å². The first-order chi connectivity index (χ1) is 5.20. The van der Waals surface area contributed by atoms with Gasteiger partial charge in [0, 0.05) is 6.54 Å². The summed E-state index contributed by atoms with van der Waals surface area (Å²) in [7, 11) is 0. The Morgan fingerprint density at radius 2 is 2.36 bits per heavy atom. The van der Waals surface area contributed by atoms with Gasteiger partial charge in [-0.3, -0.25) is 0 Å². The van der Waals surface area contributed by atoms with Gasteiger partial charge in [0.15, 0.2) is 0 Å². The van der Waals surface area contributed by atoms with Gasteiger partial charge in [-0.15, -0.1) is 0 Å². The maximum absolute atomic E-state index is 10.5. The Morgan fingerprint density at radius 1 is 1.73 bits per heavy atom. The average Bonchev–Trinajstić information content (AvgIpc) is 2.00.